The zero-order valence-corrected chi connectivity index (χ0v) is 30.9. The first-order chi connectivity index (χ1) is 19.1. The van der Waals surface area contributed by atoms with Gasteiger partial charge in [-0.15, -0.1) is 0 Å². The normalized spacial score (nSPS) is 21.7. The molecule has 0 unspecified atom stereocenters. The second kappa shape index (κ2) is 25.4. The highest BCUT2D eigenvalue weighted by Crippen LogP contribution is 2.32. The molecule has 1 saturated carbocycles. The quantitative estimate of drug-likeness (QED) is 0.327. The number of piperidine rings is 3. The van der Waals surface area contributed by atoms with Crippen LogP contribution in [0.15, 0.2) is 0 Å². The fourth-order valence-electron chi connectivity index (χ4n) is 6.19. The fraction of sp³-hybridized carbons (Fsp3) is 1.00. The average molecular weight is 568 g/mol. The molecule has 0 bridgehead atoms. The monoisotopic (exact) mass is 568 g/mol. The summed E-state index contributed by atoms with van der Waals surface area (Å²) in [5, 5.41) is 0. The number of nitrogens with zero attached hydrogens (tertiary/aromatic N) is 3. The first-order valence-electron chi connectivity index (χ1n) is 18.2. The molecule has 4 rings (SSSR count). The Morgan fingerprint density at radius 3 is 1.00 bits per heavy atom. The van der Waals surface area contributed by atoms with E-state index in [4.69, 9.17) is 0 Å². The van der Waals surface area contributed by atoms with E-state index in [-0.39, 0.29) is 0 Å². The summed E-state index contributed by atoms with van der Waals surface area (Å²) in [5.74, 6) is 5.69. The van der Waals surface area contributed by atoms with Gasteiger partial charge in [0, 0.05) is 12.1 Å². The predicted octanol–water partition coefficient (Wildman–Crippen LogP) is 10.3. The van der Waals surface area contributed by atoms with Gasteiger partial charge in [0.15, 0.2) is 0 Å². The third-order valence-corrected chi connectivity index (χ3v) is 9.53. The van der Waals surface area contributed by atoms with Crippen LogP contribution in [0.25, 0.3) is 0 Å². The summed E-state index contributed by atoms with van der Waals surface area (Å²) in [4.78, 5) is 7.73. The first kappa shape index (κ1) is 42.0. The molecule has 4 aliphatic rings. The van der Waals surface area contributed by atoms with Gasteiger partial charge in [0.25, 0.3) is 0 Å². The molecule has 0 N–H and O–H groups in total. The van der Waals surface area contributed by atoms with Crippen molar-refractivity contribution in [2.24, 2.45) is 35.5 Å². The molecular weight excluding hydrogens is 486 g/mol. The molecule has 0 amide bonds. The van der Waals surface area contributed by atoms with Crippen molar-refractivity contribution >= 4 is 0 Å². The zero-order chi connectivity index (χ0) is 31.3. The Bertz CT molecular complexity index is 447. The van der Waals surface area contributed by atoms with Crippen LogP contribution in [-0.2, 0) is 0 Å². The van der Waals surface area contributed by atoms with Crippen LogP contribution >= 0.6 is 0 Å². The lowest BCUT2D eigenvalue weighted by Crippen LogP contribution is -2.39. The van der Waals surface area contributed by atoms with E-state index in [1.54, 1.807) is 0 Å². The van der Waals surface area contributed by atoms with Crippen LogP contribution in [0.1, 0.15) is 148 Å². The molecule has 3 saturated heterocycles. The zero-order valence-electron chi connectivity index (χ0n) is 30.9. The lowest BCUT2D eigenvalue weighted by Gasteiger charge is -2.36. The first-order valence-corrected chi connectivity index (χ1v) is 18.2. The molecule has 0 radical (unpaired) electrons. The van der Waals surface area contributed by atoms with Gasteiger partial charge in [0.1, 0.15) is 0 Å². The van der Waals surface area contributed by atoms with Crippen molar-refractivity contribution in [1.82, 2.24) is 14.7 Å². The van der Waals surface area contributed by atoms with Gasteiger partial charge >= 0.3 is 0 Å². The lowest BCUT2D eigenvalue weighted by molar-refractivity contribution is 0.129. The van der Waals surface area contributed by atoms with Gasteiger partial charge in [-0.3, -0.25) is 0 Å². The molecule has 1 aliphatic carbocycles. The van der Waals surface area contributed by atoms with Crippen molar-refractivity contribution in [3.63, 3.8) is 0 Å². The molecule has 0 aromatic rings. The van der Waals surface area contributed by atoms with Crippen molar-refractivity contribution in [2.75, 3.05) is 46.3 Å². The van der Waals surface area contributed by atoms with Gasteiger partial charge in [0.05, 0.1) is 0 Å². The third kappa shape index (κ3) is 18.4. The second-order valence-electron chi connectivity index (χ2n) is 13.4. The molecule has 0 aromatic carbocycles. The Balaban J connectivity index is 0. The molecular formula is C37H81N3. The predicted molar refractivity (Wildman–Crippen MR) is 186 cm³/mol. The van der Waals surface area contributed by atoms with Gasteiger partial charge in [-0.2, -0.15) is 0 Å². The maximum Gasteiger partial charge on any atom is 0.00964 e. The topological polar surface area (TPSA) is 9.72 Å². The van der Waals surface area contributed by atoms with Crippen LogP contribution in [0.2, 0.25) is 0 Å². The highest BCUT2D eigenvalue weighted by molar-refractivity contribution is 4.87. The van der Waals surface area contributed by atoms with E-state index in [9.17, 15) is 0 Å². The summed E-state index contributed by atoms with van der Waals surface area (Å²) < 4.78 is 0. The molecule has 244 valence electrons. The maximum atomic E-state index is 2.71. The van der Waals surface area contributed by atoms with Crippen LogP contribution < -0.4 is 0 Å². The number of rotatable bonds is 5. The third-order valence-electron chi connectivity index (χ3n) is 9.53. The van der Waals surface area contributed by atoms with Gasteiger partial charge < -0.3 is 14.7 Å². The van der Waals surface area contributed by atoms with E-state index < -0.39 is 0 Å². The Labute approximate surface area is 256 Å². The van der Waals surface area contributed by atoms with E-state index in [1.165, 1.54) is 90.6 Å². The van der Waals surface area contributed by atoms with Crippen molar-refractivity contribution < 1.29 is 0 Å². The summed E-state index contributed by atoms with van der Waals surface area (Å²) in [6.45, 7) is 38.8. The maximum absolute atomic E-state index is 2.71. The summed E-state index contributed by atoms with van der Waals surface area (Å²) in [6.07, 6.45) is 11.5. The standard InChI is InChI=1S/C11H21N.C11H23N.C9H19N.3C2H6/c1-9(2)10-5-7-12(8-6-10)11-3-4-11;1-9(2)11-5-7-12(8-6-11)10(3)4;1-8(2)9-4-6-10(3)7-5-9;3*1-2/h9-11H,3-8H2,1-2H3;9-11H,5-8H2,1-4H3;8-9H,4-7H2,1-3H3;3*1-2H3. The van der Waals surface area contributed by atoms with E-state index in [2.05, 4.69) is 77.1 Å². The summed E-state index contributed by atoms with van der Waals surface area (Å²) >= 11 is 0. The largest absolute Gasteiger partial charge is 0.306 e. The fourth-order valence-corrected chi connectivity index (χ4v) is 6.19. The lowest BCUT2D eigenvalue weighted by atomic mass is 9.86. The highest BCUT2D eigenvalue weighted by atomic mass is 15.2. The minimum absolute atomic E-state index is 0.748. The highest BCUT2D eigenvalue weighted by Gasteiger charge is 2.32. The van der Waals surface area contributed by atoms with E-state index in [0.717, 1.165) is 47.6 Å². The Morgan fingerprint density at radius 1 is 0.425 bits per heavy atom. The Hall–Kier alpha value is -0.120. The van der Waals surface area contributed by atoms with Crippen molar-refractivity contribution in [1.29, 1.82) is 0 Å². The molecule has 0 spiro atoms. The number of hydrogen-bond acceptors (Lipinski definition) is 3. The van der Waals surface area contributed by atoms with Gasteiger partial charge in [-0.05, 0) is 147 Å². The molecule has 3 heteroatoms. The molecule has 0 atom stereocenters. The molecule has 0 aromatic heterocycles. The smallest absolute Gasteiger partial charge is 0.00964 e. The van der Waals surface area contributed by atoms with E-state index in [1.807, 2.05) is 41.5 Å². The summed E-state index contributed by atoms with van der Waals surface area (Å²) in [7, 11) is 2.22. The van der Waals surface area contributed by atoms with Gasteiger partial charge in [-0.1, -0.05) is 83.1 Å². The number of hydrogen-bond donors (Lipinski definition) is 0. The van der Waals surface area contributed by atoms with Crippen molar-refractivity contribution in [3.8, 4) is 0 Å². The van der Waals surface area contributed by atoms with Crippen LogP contribution in [0.3, 0.4) is 0 Å². The van der Waals surface area contributed by atoms with Crippen LogP contribution in [-0.4, -0.2) is 73.1 Å². The minimum atomic E-state index is 0.748. The molecule has 4 fully saturated rings. The molecule has 3 nitrogen and oxygen atoms in total. The summed E-state index contributed by atoms with van der Waals surface area (Å²) in [6, 6.07) is 1.75. The Morgan fingerprint density at radius 2 is 0.725 bits per heavy atom. The van der Waals surface area contributed by atoms with E-state index >= 15 is 0 Å². The summed E-state index contributed by atoms with van der Waals surface area (Å²) in [5.41, 5.74) is 0. The van der Waals surface area contributed by atoms with E-state index in [0.29, 0.717) is 0 Å². The van der Waals surface area contributed by atoms with Crippen LogP contribution in [0.5, 0.6) is 0 Å². The minimum Gasteiger partial charge on any atom is -0.306 e. The molecule has 3 aliphatic heterocycles. The SMILES string of the molecule is CC.CC.CC.CC(C)C1CCN(C(C)C)CC1.CC(C)C1CCN(C)CC1.CC(C)C1CCN(C2CC2)CC1. The van der Waals surface area contributed by atoms with Crippen molar-refractivity contribution in [3.05, 3.63) is 0 Å². The number of likely N-dealkylation sites (tertiary alicyclic amines) is 3. The van der Waals surface area contributed by atoms with Crippen LogP contribution in [0.4, 0.5) is 0 Å². The van der Waals surface area contributed by atoms with Gasteiger partial charge in [-0.25, -0.2) is 0 Å². The van der Waals surface area contributed by atoms with Crippen LogP contribution in [0, 0.1) is 35.5 Å². The second-order valence-corrected chi connectivity index (χ2v) is 13.4. The Kier molecular flexibility index (Phi) is 26.7. The van der Waals surface area contributed by atoms with Gasteiger partial charge in [0.2, 0.25) is 0 Å². The molecule has 40 heavy (non-hydrogen) atoms. The molecule has 3 heterocycles. The van der Waals surface area contributed by atoms with Crippen molar-refractivity contribution in [2.45, 2.75) is 160 Å². The average Bonchev–Trinajstić information content (AvgIpc) is 3.83.